The van der Waals surface area contributed by atoms with Crippen LogP contribution in [-0.4, -0.2) is 39.1 Å². The van der Waals surface area contributed by atoms with Crippen LogP contribution in [0.15, 0.2) is 67.0 Å². The number of aryl methyl sites for hydroxylation is 2. The van der Waals surface area contributed by atoms with Gasteiger partial charge in [0, 0.05) is 25.5 Å². The lowest BCUT2D eigenvalue weighted by Gasteiger charge is -2.34. The first-order chi connectivity index (χ1) is 14.6. The second kappa shape index (κ2) is 9.03. The predicted molar refractivity (Wildman–Crippen MR) is 114 cm³/mol. The molecule has 1 amide bonds. The van der Waals surface area contributed by atoms with Crippen LogP contribution in [0.3, 0.4) is 0 Å². The van der Waals surface area contributed by atoms with Crippen molar-refractivity contribution in [2.75, 3.05) is 6.61 Å². The number of ether oxygens (including phenoxy) is 2. The SMILES string of the molecule is C[C@@H](CCc1ccccc1)N(Cc1nccn1C)C(=O)[C@@H]1COc2ccccc2O1. The van der Waals surface area contributed by atoms with Crippen molar-refractivity contribution in [3.05, 3.63) is 78.4 Å². The van der Waals surface area contributed by atoms with E-state index in [2.05, 4.69) is 24.0 Å². The fraction of sp³-hybridized carbons (Fsp3) is 0.333. The fourth-order valence-corrected chi connectivity index (χ4v) is 3.65. The lowest BCUT2D eigenvalue weighted by atomic mass is 10.0. The molecule has 0 unspecified atom stereocenters. The molecule has 2 heterocycles. The van der Waals surface area contributed by atoms with E-state index < -0.39 is 6.10 Å². The van der Waals surface area contributed by atoms with E-state index in [-0.39, 0.29) is 18.6 Å². The summed E-state index contributed by atoms with van der Waals surface area (Å²) in [6.45, 7) is 2.72. The maximum atomic E-state index is 13.5. The molecule has 0 aliphatic carbocycles. The number of benzene rings is 2. The summed E-state index contributed by atoms with van der Waals surface area (Å²) in [5, 5.41) is 0. The molecule has 4 rings (SSSR count). The van der Waals surface area contributed by atoms with Gasteiger partial charge in [0.25, 0.3) is 5.91 Å². The number of hydrogen-bond donors (Lipinski definition) is 0. The summed E-state index contributed by atoms with van der Waals surface area (Å²) in [7, 11) is 1.94. The first kappa shape index (κ1) is 20.0. The molecule has 0 fully saturated rings. The monoisotopic (exact) mass is 405 g/mol. The molecule has 0 bridgehead atoms. The zero-order valence-electron chi connectivity index (χ0n) is 17.4. The molecule has 2 atom stereocenters. The summed E-state index contributed by atoms with van der Waals surface area (Å²) in [4.78, 5) is 19.8. The fourth-order valence-electron chi connectivity index (χ4n) is 3.65. The van der Waals surface area contributed by atoms with Crippen molar-refractivity contribution in [3.8, 4) is 11.5 Å². The highest BCUT2D eigenvalue weighted by Crippen LogP contribution is 2.31. The number of aromatic nitrogens is 2. The van der Waals surface area contributed by atoms with Crippen LogP contribution >= 0.6 is 0 Å². The number of amides is 1. The van der Waals surface area contributed by atoms with Crippen molar-refractivity contribution in [1.82, 2.24) is 14.5 Å². The number of imidazole rings is 1. The summed E-state index contributed by atoms with van der Waals surface area (Å²) in [6.07, 6.45) is 4.73. The molecule has 0 saturated heterocycles. The molecule has 0 radical (unpaired) electrons. The van der Waals surface area contributed by atoms with Crippen LogP contribution in [0.5, 0.6) is 11.5 Å². The molecule has 0 spiro atoms. The van der Waals surface area contributed by atoms with Gasteiger partial charge in [-0.2, -0.15) is 0 Å². The molecule has 3 aromatic rings. The second-order valence-corrected chi connectivity index (χ2v) is 7.66. The Morgan fingerprint density at radius 1 is 1.17 bits per heavy atom. The maximum absolute atomic E-state index is 13.5. The molecule has 2 aromatic carbocycles. The average molecular weight is 405 g/mol. The van der Waals surface area contributed by atoms with E-state index in [0.717, 1.165) is 18.7 Å². The van der Waals surface area contributed by atoms with Gasteiger partial charge >= 0.3 is 0 Å². The van der Waals surface area contributed by atoms with Crippen LogP contribution in [0.25, 0.3) is 0 Å². The van der Waals surface area contributed by atoms with Crippen molar-refractivity contribution in [1.29, 1.82) is 0 Å². The van der Waals surface area contributed by atoms with Crippen LogP contribution in [0, 0.1) is 0 Å². The summed E-state index contributed by atoms with van der Waals surface area (Å²) in [5.41, 5.74) is 1.26. The third-order valence-corrected chi connectivity index (χ3v) is 5.53. The Kier molecular flexibility index (Phi) is 6.02. The summed E-state index contributed by atoms with van der Waals surface area (Å²) in [5.74, 6) is 2.05. The van der Waals surface area contributed by atoms with Gasteiger partial charge in [0.05, 0.1) is 6.54 Å². The Bertz CT molecular complexity index is 986. The van der Waals surface area contributed by atoms with Crippen molar-refractivity contribution in [2.45, 2.75) is 38.5 Å². The van der Waals surface area contributed by atoms with E-state index in [9.17, 15) is 4.79 Å². The van der Waals surface area contributed by atoms with Gasteiger partial charge in [0.1, 0.15) is 12.4 Å². The first-order valence-electron chi connectivity index (χ1n) is 10.3. The molecule has 6 nitrogen and oxygen atoms in total. The van der Waals surface area contributed by atoms with Gasteiger partial charge in [-0.3, -0.25) is 4.79 Å². The highest BCUT2D eigenvalue weighted by Gasteiger charge is 2.33. The summed E-state index contributed by atoms with van der Waals surface area (Å²) >= 11 is 0. The van der Waals surface area contributed by atoms with Gasteiger partial charge in [0.2, 0.25) is 6.10 Å². The largest absolute Gasteiger partial charge is 0.485 e. The van der Waals surface area contributed by atoms with E-state index >= 15 is 0 Å². The summed E-state index contributed by atoms with van der Waals surface area (Å²) in [6, 6.07) is 17.8. The number of para-hydroxylation sites is 2. The van der Waals surface area contributed by atoms with Crippen molar-refractivity contribution in [3.63, 3.8) is 0 Å². The maximum Gasteiger partial charge on any atom is 0.267 e. The minimum atomic E-state index is -0.667. The van der Waals surface area contributed by atoms with Crippen molar-refractivity contribution >= 4 is 5.91 Å². The summed E-state index contributed by atoms with van der Waals surface area (Å²) < 4.78 is 13.7. The highest BCUT2D eigenvalue weighted by molar-refractivity contribution is 5.82. The van der Waals surface area contributed by atoms with Crippen LogP contribution in [-0.2, 0) is 24.8 Å². The third kappa shape index (κ3) is 4.48. The molecular weight excluding hydrogens is 378 g/mol. The normalized spacial score (nSPS) is 16.1. The van der Waals surface area contributed by atoms with E-state index in [4.69, 9.17) is 9.47 Å². The molecule has 0 N–H and O–H groups in total. The molecule has 6 heteroatoms. The zero-order valence-corrected chi connectivity index (χ0v) is 17.4. The topological polar surface area (TPSA) is 56.6 Å². The number of carbonyl (C=O) groups excluding carboxylic acids is 1. The lowest BCUT2D eigenvalue weighted by Crippen LogP contribution is -2.49. The van der Waals surface area contributed by atoms with Gasteiger partial charge in [0.15, 0.2) is 11.5 Å². The van der Waals surface area contributed by atoms with Gasteiger partial charge in [-0.25, -0.2) is 4.98 Å². The Labute approximate surface area is 177 Å². The molecule has 156 valence electrons. The molecule has 1 aromatic heterocycles. The van der Waals surface area contributed by atoms with E-state index in [1.165, 1.54) is 5.56 Å². The highest BCUT2D eigenvalue weighted by atomic mass is 16.6. The van der Waals surface area contributed by atoms with Gasteiger partial charge in [-0.1, -0.05) is 42.5 Å². The smallest absolute Gasteiger partial charge is 0.267 e. The third-order valence-electron chi connectivity index (χ3n) is 5.53. The minimum Gasteiger partial charge on any atom is -0.485 e. The quantitative estimate of drug-likeness (QED) is 0.603. The Hall–Kier alpha value is -3.28. The number of fused-ring (bicyclic) bond motifs is 1. The van der Waals surface area contributed by atoms with Crippen LogP contribution in [0.4, 0.5) is 0 Å². The molecule has 1 aliphatic rings. The van der Waals surface area contributed by atoms with Crippen molar-refractivity contribution < 1.29 is 14.3 Å². The Morgan fingerprint density at radius 2 is 1.90 bits per heavy atom. The average Bonchev–Trinajstić information content (AvgIpc) is 3.20. The van der Waals surface area contributed by atoms with E-state index in [1.54, 1.807) is 6.20 Å². The minimum absolute atomic E-state index is 0.0233. The Balaban J connectivity index is 1.50. The van der Waals surface area contributed by atoms with Gasteiger partial charge < -0.3 is 18.9 Å². The number of rotatable bonds is 7. The lowest BCUT2D eigenvalue weighted by molar-refractivity contribution is -0.144. The molecule has 1 aliphatic heterocycles. The molecular formula is C24H27N3O3. The van der Waals surface area contributed by atoms with Gasteiger partial charge in [-0.05, 0) is 37.5 Å². The standard InChI is InChI=1S/C24H27N3O3/c1-18(12-13-19-8-4-3-5-9-19)27(16-23-25-14-15-26(23)2)24(28)22-17-29-20-10-6-7-11-21(20)30-22/h3-11,14-15,18,22H,12-13,16-17H2,1-2H3/t18-,22-/m0/s1. The number of nitrogens with zero attached hydrogens (tertiary/aromatic N) is 3. The second-order valence-electron chi connectivity index (χ2n) is 7.66. The predicted octanol–water partition coefficient (Wildman–Crippen LogP) is 3.61. The Morgan fingerprint density at radius 3 is 2.63 bits per heavy atom. The van der Waals surface area contributed by atoms with Crippen LogP contribution in [0.2, 0.25) is 0 Å². The van der Waals surface area contributed by atoms with Crippen LogP contribution < -0.4 is 9.47 Å². The number of hydrogen-bond acceptors (Lipinski definition) is 4. The number of carbonyl (C=O) groups is 1. The molecule has 0 saturated carbocycles. The van der Waals surface area contributed by atoms with E-state index in [1.807, 2.05) is 65.2 Å². The van der Waals surface area contributed by atoms with Crippen LogP contribution in [0.1, 0.15) is 24.7 Å². The van der Waals surface area contributed by atoms with Crippen molar-refractivity contribution in [2.24, 2.45) is 7.05 Å². The first-order valence-corrected chi connectivity index (χ1v) is 10.3. The van der Waals surface area contributed by atoms with E-state index in [0.29, 0.717) is 18.0 Å². The van der Waals surface area contributed by atoms with Gasteiger partial charge in [-0.15, -0.1) is 0 Å². The molecule has 30 heavy (non-hydrogen) atoms. The zero-order chi connectivity index (χ0) is 20.9.